The quantitative estimate of drug-likeness (QED) is 0.605. The fraction of sp³-hybridized carbons (Fsp3) is 0.125. The first-order valence-corrected chi connectivity index (χ1v) is 4.04. The SMILES string of the molecule is O=CC(Br)c1ccc(O)cc1. The highest BCUT2D eigenvalue weighted by Gasteiger charge is 2.03. The summed E-state index contributed by atoms with van der Waals surface area (Å²) < 4.78 is 0. The van der Waals surface area contributed by atoms with E-state index in [1.54, 1.807) is 24.3 Å². The number of alkyl halides is 1. The summed E-state index contributed by atoms with van der Waals surface area (Å²) in [6.07, 6.45) is 0.798. The molecule has 1 unspecified atom stereocenters. The monoisotopic (exact) mass is 214 g/mol. The van der Waals surface area contributed by atoms with Gasteiger partial charge in [0.15, 0.2) is 0 Å². The summed E-state index contributed by atoms with van der Waals surface area (Å²) in [5.41, 5.74) is 0.845. The number of halogens is 1. The number of aromatic hydroxyl groups is 1. The van der Waals surface area contributed by atoms with Gasteiger partial charge in [-0.2, -0.15) is 0 Å². The van der Waals surface area contributed by atoms with E-state index in [9.17, 15) is 4.79 Å². The van der Waals surface area contributed by atoms with Crippen molar-refractivity contribution in [2.75, 3.05) is 0 Å². The molecule has 0 bridgehead atoms. The maximum Gasteiger partial charge on any atom is 0.138 e. The van der Waals surface area contributed by atoms with Gasteiger partial charge in [-0.15, -0.1) is 0 Å². The molecule has 0 aromatic heterocycles. The summed E-state index contributed by atoms with van der Waals surface area (Å²) in [6.45, 7) is 0. The lowest BCUT2D eigenvalue weighted by molar-refractivity contribution is -0.107. The molecule has 11 heavy (non-hydrogen) atoms. The molecule has 0 radical (unpaired) electrons. The Morgan fingerprint density at radius 2 is 1.91 bits per heavy atom. The molecule has 0 aliphatic heterocycles. The number of benzene rings is 1. The molecule has 1 aromatic carbocycles. The summed E-state index contributed by atoms with van der Waals surface area (Å²) in [5.74, 6) is 0.208. The minimum absolute atomic E-state index is 0.208. The number of carbonyl (C=O) groups excluding carboxylic acids is 1. The normalized spacial score (nSPS) is 12.5. The molecule has 1 N–H and O–H groups in total. The van der Waals surface area contributed by atoms with Gasteiger partial charge in [-0.1, -0.05) is 28.1 Å². The summed E-state index contributed by atoms with van der Waals surface area (Å²) in [4.78, 5) is 10.0. The molecule has 58 valence electrons. The topological polar surface area (TPSA) is 37.3 Å². The Morgan fingerprint density at radius 1 is 1.36 bits per heavy atom. The fourth-order valence-electron chi connectivity index (χ4n) is 0.737. The Labute approximate surface area is 73.0 Å². The number of hydrogen-bond acceptors (Lipinski definition) is 2. The van der Waals surface area contributed by atoms with E-state index in [2.05, 4.69) is 15.9 Å². The molecule has 1 rings (SSSR count). The van der Waals surface area contributed by atoms with Crippen LogP contribution in [0.4, 0.5) is 0 Å². The van der Waals surface area contributed by atoms with Crippen LogP contribution in [0.25, 0.3) is 0 Å². The largest absolute Gasteiger partial charge is 0.508 e. The first-order valence-electron chi connectivity index (χ1n) is 3.12. The predicted molar refractivity (Wildman–Crippen MR) is 45.8 cm³/mol. The standard InChI is InChI=1S/C8H7BrO2/c9-8(5-10)6-1-3-7(11)4-2-6/h1-5,8,11H. The Hall–Kier alpha value is -0.830. The summed E-state index contributed by atoms with van der Waals surface area (Å²) in [6, 6.07) is 6.49. The summed E-state index contributed by atoms with van der Waals surface area (Å²) in [5, 5.41) is 8.91. The minimum atomic E-state index is -0.275. The van der Waals surface area contributed by atoms with E-state index in [1.165, 1.54) is 0 Å². The lowest BCUT2D eigenvalue weighted by atomic mass is 10.2. The highest BCUT2D eigenvalue weighted by atomic mass is 79.9. The average molecular weight is 215 g/mol. The highest BCUT2D eigenvalue weighted by molar-refractivity contribution is 9.09. The molecule has 1 atom stereocenters. The summed E-state index contributed by atoms with van der Waals surface area (Å²) in [7, 11) is 0. The Kier molecular flexibility index (Phi) is 2.65. The molecule has 0 spiro atoms. The Bertz CT molecular complexity index is 243. The molecule has 2 nitrogen and oxygen atoms in total. The third-order valence-corrected chi connectivity index (χ3v) is 2.08. The number of carbonyl (C=O) groups is 1. The van der Waals surface area contributed by atoms with Crippen molar-refractivity contribution in [1.82, 2.24) is 0 Å². The van der Waals surface area contributed by atoms with Crippen LogP contribution in [0, 0.1) is 0 Å². The van der Waals surface area contributed by atoms with Crippen molar-refractivity contribution >= 4 is 22.2 Å². The van der Waals surface area contributed by atoms with Gasteiger partial charge in [0, 0.05) is 0 Å². The maximum atomic E-state index is 10.3. The second-order valence-electron chi connectivity index (χ2n) is 2.13. The van der Waals surface area contributed by atoms with Gasteiger partial charge < -0.3 is 9.90 Å². The average Bonchev–Trinajstić information content (AvgIpc) is 2.05. The van der Waals surface area contributed by atoms with Crippen molar-refractivity contribution in [3.8, 4) is 5.75 Å². The molecular formula is C8H7BrO2. The zero-order chi connectivity index (χ0) is 8.27. The zero-order valence-electron chi connectivity index (χ0n) is 5.70. The first-order chi connectivity index (χ1) is 5.24. The van der Waals surface area contributed by atoms with Gasteiger partial charge in [0.05, 0.1) is 4.83 Å². The van der Waals surface area contributed by atoms with Crippen LogP contribution in [0.3, 0.4) is 0 Å². The lowest BCUT2D eigenvalue weighted by Gasteiger charge is -2.00. The molecule has 0 amide bonds. The van der Waals surface area contributed by atoms with Gasteiger partial charge in [0.2, 0.25) is 0 Å². The molecular weight excluding hydrogens is 208 g/mol. The Balaban J connectivity index is 2.89. The van der Waals surface area contributed by atoms with Crippen molar-refractivity contribution in [2.24, 2.45) is 0 Å². The second-order valence-corrected chi connectivity index (χ2v) is 3.12. The number of hydrogen-bond donors (Lipinski definition) is 1. The number of rotatable bonds is 2. The minimum Gasteiger partial charge on any atom is -0.508 e. The number of phenols is 1. The Morgan fingerprint density at radius 3 is 2.36 bits per heavy atom. The van der Waals surface area contributed by atoms with E-state index in [0.29, 0.717) is 0 Å². The molecule has 0 aliphatic carbocycles. The van der Waals surface area contributed by atoms with Crippen LogP contribution >= 0.6 is 15.9 Å². The number of aldehydes is 1. The third kappa shape index (κ3) is 2.05. The van der Waals surface area contributed by atoms with E-state index >= 15 is 0 Å². The van der Waals surface area contributed by atoms with E-state index in [0.717, 1.165) is 11.8 Å². The van der Waals surface area contributed by atoms with Crippen molar-refractivity contribution in [1.29, 1.82) is 0 Å². The smallest absolute Gasteiger partial charge is 0.138 e. The van der Waals surface area contributed by atoms with Gasteiger partial charge >= 0.3 is 0 Å². The highest BCUT2D eigenvalue weighted by Crippen LogP contribution is 2.21. The van der Waals surface area contributed by atoms with Crippen LogP contribution in [0.2, 0.25) is 0 Å². The van der Waals surface area contributed by atoms with Gasteiger partial charge in [-0.25, -0.2) is 0 Å². The first kappa shape index (κ1) is 8.27. The van der Waals surface area contributed by atoms with E-state index < -0.39 is 0 Å². The van der Waals surface area contributed by atoms with Gasteiger partial charge in [-0.3, -0.25) is 0 Å². The second kappa shape index (κ2) is 3.53. The lowest BCUT2D eigenvalue weighted by Crippen LogP contribution is -1.88. The van der Waals surface area contributed by atoms with Crippen molar-refractivity contribution in [2.45, 2.75) is 4.83 Å². The number of phenolic OH excluding ortho intramolecular Hbond substituents is 1. The van der Waals surface area contributed by atoms with Crippen LogP contribution in [0.5, 0.6) is 5.75 Å². The van der Waals surface area contributed by atoms with Gasteiger partial charge in [-0.05, 0) is 17.7 Å². The van der Waals surface area contributed by atoms with Crippen LogP contribution in [0.15, 0.2) is 24.3 Å². The third-order valence-electron chi connectivity index (χ3n) is 1.33. The molecule has 0 aliphatic rings. The summed E-state index contributed by atoms with van der Waals surface area (Å²) >= 11 is 3.16. The van der Waals surface area contributed by atoms with Gasteiger partial charge in [0.1, 0.15) is 12.0 Å². The van der Waals surface area contributed by atoms with E-state index in [1.807, 2.05) is 0 Å². The molecule has 3 heteroatoms. The molecule has 0 fully saturated rings. The van der Waals surface area contributed by atoms with Crippen molar-refractivity contribution in [3.05, 3.63) is 29.8 Å². The maximum absolute atomic E-state index is 10.3. The van der Waals surface area contributed by atoms with E-state index in [4.69, 9.17) is 5.11 Å². The predicted octanol–water partition coefficient (Wildman–Crippen LogP) is 2.03. The van der Waals surface area contributed by atoms with Crippen LogP contribution in [-0.4, -0.2) is 11.4 Å². The van der Waals surface area contributed by atoms with Crippen molar-refractivity contribution in [3.63, 3.8) is 0 Å². The van der Waals surface area contributed by atoms with E-state index in [-0.39, 0.29) is 10.6 Å². The fourth-order valence-corrected chi connectivity index (χ4v) is 1.04. The van der Waals surface area contributed by atoms with Crippen LogP contribution in [-0.2, 0) is 4.79 Å². The van der Waals surface area contributed by atoms with Crippen LogP contribution in [0.1, 0.15) is 10.4 Å². The van der Waals surface area contributed by atoms with Gasteiger partial charge in [0.25, 0.3) is 0 Å². The van der Waals surface area contributed by atoms with Crippen LogP contribution < -0.4 is 0 Å². The molecule has 0 heterocycles. The molecule has 1 aromatic rings. The molecule has 0 saturated carbocycles. The van der Waals surface area contributed by atoms with Crippen molar-refractivity contribution < 1.29 is 9.90 Å². The zero-order valence-corrected chi connectivity index (χ0v) is 7.28. The molecule has 0 saturated heterocycles.